The average molecular weight is 625 g/mol. The topological polar surface area (TPSA) is 148 Å². The second-order valence-electron chi connectivity index (χ2n) is 11.0. The van der Waals surface area contributed by atoms with Gasteiger partial charge in [0.15, 0.2) is 11.4 Å². The summed E-state index contributed by atoms with van der Waals surface area (Å²) in [5.74, 6) is -1.49. The predicted octanol–water partition coefficient (Wildman–Crippen LogP) is 3.25. The van der Waals surface area contributed by atoms with Crippen molar-refractivity contribution >= 4 is 51.7 Å². The number of likely N-dealkylation sites (N-methyl/N-ethyl adjacent to an activating group) is 1. The highest BCUT2D eigenvalue weighted by molar-refractivity contribution is 6.33. The van der Waals surface area contributed by atoms with Crippen LogP contribution in [-0.4, -0.2) is 56.7 Å². The number of nitrogen functional groups attached to an aromatic ring is 1. The molecular formula is C30H31ClF2N8O3. The van der Waals surface area contributed by atoms with E-state index in [0.29, 0.717) is 16.6 Å². The van der Waals surface area contributed by atoms with E-state index in [1.807, 2.05) is 6.92 Å². The van der Waals surface area contributed by atoms with E-state index in [0.717, 1.165) is 18.2 Å². The van der Waals surface area contributed by atoms with Crippen LogP contribution < -0.4 is 22.0 Å². The Bertz CT molecular complexity index is 1820. The molecular weight excluding hydrogens is 594 g/mol. The molecule has 2 aromatic heterocycles. The summed E-state index contributed by atoms with van der Waals surface area (Å²) in [5, 5.41) is 5.16. The maximum absolute atomic E-state index is 14.4. The van der Waals surface area contributed by atoms with Crippen molar-refractivity contribution in [2.75, 3.05) is 19.3 Å². The molecule has 11 nitrogen and oxygen atoms in total. The number of anilines is 1. The molecule has 230 valence electrons. The molecule has 3 heterocycles. The molecule has 1 aliphatic heterocycles. The van der Waals surface area contributed by atoms with Gasteiger partial charge in [-0.1, -0.05) is 18.5 Å². The summed E-state index contributed by atoms with van der Waals surface area (Å²) in [4.78, 5) is 52.4. The van der Waals surface area contributed by atoms with Crippen molar-refractivity contribution in [3.8, 4) is 0 Å². The van der Waals surface area contributed by atoms with E-state index < -0.39 is 34.7 Å². The van der Waals surface area contributed by atoms with Gasteiger partial charge in [-0.25, -0.2) is 23.8 Å². The van der Waals surface area contributed by atoms with Crippen molar-refractivity contribution in [3.05, 3.63) is 80.9 Å². The number of amidine groups is 1. The number of amides is 1. The van der Waals surface area contributed by atoms with Crippen molar-refractivity contribution in [2.24, 2.45) is 10.4 Å². The van der Waals surface area contributed by atoms with Crippen molar-refractivity contribution < 1.29 is 18.4 Å². The van der Waals surface area contributed by atoms with Gasteiger partial charge in [0.1, 0.15) is 29.1 Å². The first-order valence-electron chi connectivity index (χ1n) is 13.9. The monoisotopic (exact) mass is 624 g/mol. The lowest BCUT2D eigenvalue weighted by atomic mass is 9.77. The Morgan fingerprint density at radius 1 is 1.20 bits per heavy atom. The maximum atomic E-state index is 14.4. The third-order valence-corrected chi connectivity index (χ3v) is 8.23. The molecule has 0 saturated carbocycles. The second-order valence-corrected chi connectivity index (χ2v) is 11.4. The number of hydrogen-bond donors (Lipinski definition) is 3. The number of allylic oxidation sites excluding steroid dienone is 2. The van der Waals surface area contributed by atoms with Gasteiger partial charge in [0.25, 0.3) is 5.56 Å². The molecule has 2 unspecified atom stereocenters. The normalized spacial score (nSPS) is 21.4. The van der Waals surface area contributed by atoms with Crippen molar-refractivity contribution in [1.29, 1.82) is 0 Å². The zero-order valence-corrected chi connectivity index (χ0v) is 25.2. The van der Waals surface area contributed by atoms with E-state index >= 15 is 0 Å². The van der Waals surface area contributed by atoms with Crippen LogP contribution >= 0.6 is 11.6 Å². The highest BCUT2D eigenvalue weighted by Gasteiger charge is 2.54. The largest absolute Gasteiger partial charge is 0.384 e. The minimum atomic E-state index is -1.02. The molecule has 14 heteroatoms. The van der Waals surface area contributed by atoms with E-state index in [1.165, 1.54) is 23.6 Å². The van der Waals surface area contributed by atoms with Gasteiger partial charge in [0.05, 0.1) is 29.4 Å². The predicted molar refractivity (Wildman–Crippen MR) is 163 cm³/mol. The van der Waals surface area contributed by atoms with Crippen molar-refractivity contribution in [2.45, 2.75) is 45.7 Å². The molecule has 1 saturated heterocycles. The number of pyridine rings is 1. The standard InChI is InChI=1S/C30H31ClF2N8O3/c1-5-24(43)36-20(12-16-10-17(32)13-18(33)11-16)27-38-26-19(6-9-23(34)37-26)28(44)41(27)21-7-8-22(31)30(3)25(21)40(4)39-29(30)35-14-15(2)42/h6-11,13,20,25H,5,12,14H2,1-4H3,(H2,34,37)(H,35,39)(H,36,43)/t20-,25?,30?/m0/s1. The Morgan fingerprint density at radius 2 is 1.91 bits per heavy atom. The number of hydrazine groups is 1. The van der Waals surface area contributed by atoms with Gasteiger partial charge in [-0.15, -0.1) is 0 Å². The van der Waals surface area contributed by atoms with Crippen LogP contribution in [0.5, 0.6) is 0 Å². The molecule has 44 heavy (non-hydrogen) atoms. The molecule has 0 spiro atoms. The number of aromatic nitrogens is 3. The first kappa shape index (κ1) is 31.0. The molecule has 2 aliphatic rings. The molecule has 3 aromatic rings. The Hall–Kier alpha value is -4.49. The van der Waals surface area contributed by atoms with Gasteiger partial charge in [-0.2, -0.15) is 0 Å². The Balaban J connectivity index is 1.77. The highest BCUT2D eigenvalue weighted by Crippen LogP contribution is 2.47. The van der Waals surface area contributed by atoms with Crippen LogP contribution in [0.3, 0.4) is 0 Å². The number of Topliss-reactive ketones (excluding diaryl/α,β-unsaturated/α-hetero) is 1. The number of nitrogens with one attached hydrogen (secondary N) is 2. The number of ketones is 1. The van der Waals surface area contributed by atoms with Crippen molar-refractivity contribution in [3.63, 3.8) is 0 Å². The fourth-order valence-electron chi connectivity index (χ4n) is 5.66. The average Bonchev–Trinajstić information content (AvgIpc) is 3.22. The molecule has 4 N–H and O–H groups in total. The molecule has 1 aliphatic carbocycles. The Labute approximate surface area is 256 Å². The van der Waals surface area contributed by atoms with Crippen LogP contribution in [0, 0.1) is 17.0 Å². The zero-order chi connectivity index (χ0) is 31.9. The fourth-order valence-corrected chi connectivity index (χ4v) is 5.92. The Kier molecular flexibility index (Phi) is 8.36. The summed E-state index contributed by atoms with van der Waals surface area (Å²) in [6.45, 7) is 4.84. The number of fused-ring (bicyclic) bond motifs is 2. The van der Waals surface area contributed by atoms with Gasteiger partial charge in [0.2, 0.25) is 5.91 Å². The summed E-state index contributed by atoms with van der Waals surface area (Å²) in [6, 6.07) is 4.38. The summed E-state index contributed by atoms with van der Waals surface area (Å²) in [7, 11) is 1.75. The van der Waals surface area contributed by atoms with Crippen molar-refractivity contribution in [1.82, 2.24) is 30.3 Å². The highest BCUT2D eigenvalue weighted by atomic mass is 35.5. The molecule has 0 bridgehead atoms. The third-order valence-electron chi connectivity index (χ3n) is 7.71. The Morgan fingerprint density at radius 3 is 2.57 bits per heavy atom. The second kappa shape index (κ2) is 11.9. The van der Waals surface area contributed by atoms with Gasteiger partial charge in [0, 0.05) is 36.7 Å². The van der Waals surface area contributed by atoms with Gasteiger partial charge in [-0.3, -0.25) is 23.9 Å². The molecule has 1 amide bonds. The number of carbonyl (C=O) groups is 2. The van der Waals surface area contributed by atoms with Gasteiger partial charge in [-0.05, 0) is 55.8 Å². The number of halogens is 3. The van der Waals surface area contributed by atoms with E-state index in [2.05, 4.69) is 20.7 Å². The van der Waals surface area contributed by atoms with Gasteiger partial charge >= 0.3 is 0 Å². The van der Waals surface area contributed by atoms with Crippen LogP contribution in [0.15, 0.2) is 57.3 Å². The summed E-state index contributed by atoms with van der Waals surface area (Å²) < 4.78 is 29.8. The number of hydrogen-bond acceptors (Lipinski definition) is 8. The SMILES string of the molecule is CCC(=O)N[C@@H](Cc1cc(F)cc(F)c1)c1nc2nc(N)ccc2c(=O)n1C1=CC=C(Cl)C2(C)C(=NCC(C)=O)NN(C)C12. The zero-order valence-electron chi connectivity index (χ0n) is 24.5. The number of rotatable bonds is 8. The van der Waals surface area contributed by atoms with E-state index in [1.54, 1.807) is 31.1 Å². The summed E-state index contributed by atoms with van der Waals surface area (Å²) >= 11 is 6.80. The van der Waals surface area contributed by atoms with Crippen LogP contribution in [0.1, 0.15) is 44.6 Å². The quantitative estimate of drug-likeness (QED) is 0.346. The van der Waals surface area contributed by atoms with Crippen LogP contribution in [-0.2, 0) is 16.0 Å². The maximum Gasteiger partial charge on any atom is 0.267 e. The fraction of sp³-hybridized carbons (Fsp3) is 0.333. The van der Waals surface area contributed by atoms with Gasteiger partial charge < -0.3 is 16.5 Å². The van der Waals surface area contributed by atoms with Crippen LogP contribution in [0.2, 0.25) is 0 Å². The lowest BCUT2D eigenvalue weighted by Gasteiger charge is -2.37. The first-order chi connectivity index (χ1) is 20.8. The smallest absolute Gasteiger partial charge is 0.267 e. The lowest BCUT2D eigenvalue weighted by Crippen LogP contribution is -2.46. The summed E-state index contributed by atoms with van der Waals surface area (Å²) in [6.07, 6.45) is 3.30. The van der Waals surface area contributed by atoms with E-state index in [9.17, 15) is 23.2 Å². The number of nitrogens with zero attached hydrogens (tertiary/aromatic N) is 5. The number of benzene rings is 1. The third kappa shape index (κ3) is 5.60. The van der Waals surface area contributed by atoms with E-state index in [-0.39, 0.29) is 59.3 Å². The number of aliphatic imine (C=N–C) groups is 1. The molecule has 5 rings (SSSR count). The number of nitrogens with two attached hydrogens (primary N) is 1. The molecule has 1 fully saturated rings. The lowest BCUT2D eigenvalue weighted by molar-refractivity contribution is -0.121. The minimum Gasteiger partial charge on any atom is -0.384 e. The molecule has 3 atom stereocenters. The molecule has 1 aromatic carbocycles. The summed E-state index contributed by atoms with van der Waals surface area (Å²) in [5.41, 5.74) is 8.28. The van der Waals surface area contributed by atoms with Crippen LogP contribution in [0.4, 0.5) is 14.6 Å². The van der Waals surface area contributed by atoms with E-state index in [4.69, 9.17) is 22.3 Å². The first-order valence-corrected chi connectivity index (χ1v) is 14.3. The van der Waals surface area contributed by atoms with Crippen LogP contribution in [0.25, 0.3) is 16.7 Å². The molecule has 0 radical (unpaired) electrons. The number of carbonyl (C=O) groups excluding carboxylic acids is 2. The minimum absolute atomic E-state index is 0.0387.